The summed E-state index contributed by atoms with van der Waals surface area (Å²) in [4.78, 5) is 2.59. The van der Waals surface area contributed by atoms with Gasteiger partial charge >= 0.3 is 0 Å². The molecule has 2 aliphatic heterocycles. The predicted molar refractivity (Wildman–Crippen MR) is 110 cm³/mol. The molecule has 7 bridgehead atoms. The van der Waals surface area contributed by atoms with Crippen molar-refractivity contribution < 1.29 is 29.2 Å². The van der Waals surface area contributed by atoms with Gasteiger partial charge in [-0.25, -0.2) is 0 Å². The van der Waals surface area contributed by atoms with Crippen LogP contribution in [0.15, 0.2) is 0 Å². The lowest BCUT2D eigenvalue weighted by Crippen LogP contribution is -2.80. The number of likely N-dealkylation sites (tertiary alicyclic amines) is 1. The molecular weight excluding hydrogens is 398 g/mol. The van der Waals surface area contributed by atoms with Crippen molar-refractivity contribution in [2.45, 2.75) is 81.2 Å². The first kappa shape index (κ1) is 20.1. The number of hydrogen-bond acceptors (Lipinski definition) is 7. The van der Waals surface area contributed by atoms with Gasteiger partial charge in [-0.05, 0) is 37.1 Å². The highest BCUT2D eigenvalue weighted by atomic mass is 16.7. The molecule has 0 radical (unpaired) electrons. The van der Waals surface area contributed by atoms with Crippen LogP contribution in [0.2, 0.25) is 0 Å². The van der Waals surface area contributed by atoms with Crippen LogP contribution in [-0.2, 0) is 18.9 Å². The van der Waals surface area contributed by atoms with Gasteiger partial charge in [0, 0.05) is 50.4 Å². The number of ether oxygens (including phenoxy) is 4. The van der Waals surface area contributed by atoms with Crippen LogP contribution in [0, 0.1) is 34.5 Å². The van der Waals surface area contributed by atoms with Crippen molar-refractivity contribution in [3.8, 4) is 0 Å². The van der Waals surface area contributed by atoms with Crippen molar-refractivity contribution in [1.82, 2.24) is 4.90 Å². The van der Waals surface area contributed by atoms with E-state index in [9.17, 15) is 10.2 Å². The fourth-order valence-electron chi connectivity index (χ4n) is 11.2. The van der Waals surface area contributed by atoms with Gasteiger partial charge in [-0.15, -0.1) is 0 Å². The Bertz CT molecular complexity index is 811. The van der Waals surface area contributed by atoms with Gasteiger partial charge in [0.25, 0.3) is 0 Å². The molecule has 5 aliphatic carbocycles. The van der Waals surface area contributed by atoms with E-state index in [1.54, 1.807) is 7.11 Å². The van der Waals surface area contributed by atoms with Crippen LogP contribution in [0.4, 0.5) is 0 Å². The zero-order valence-corrected chi connectivity index (χ0v) is 19.1. The second kappa shape index (κ2) is 5.85. The molecule has 13 atom stereocenters. The summed E-state index contributed by atoms with van der Waals surface area (Å²) in [5.74, 6) is 0.606. The lowest BCUT2D eigenvalue weighted by molar-refractivity contribution is -0.282. The number of rotatable bonds is 3. The van der Waals surface area contributed by atoms with E-state index in [1.165, 1.54) is 0 Å². The first-order valence-corrected chi connectivity index (χ1v) is 12.3. The van der Waals surface area contributed by atoms with Gasteiger partial charge in [-0.1, -0.05) is 13.8 Å². The third-order valence-corrected chi connectivity index (χ3v) is 11.6. The summed E-state index contributed by atoms with van der Waals surface area (Å²) in [5.41, 5.74) is -1.77. The Morgan fingerprint density at radius 3 is 2.68 bits per heavy atom. The van der Waals surface area contributed by atoms with E-state index in [4.69, 9.17) is 18.9 Å². The predicted octanol–water partition coefficient (Wildman–Crippen LogP) is 1.01. The quantitative estimate of drug-likeness (QED) is 0.685. The monoisotopic (exact) mass is 435 g/mol. The Morgan fingerprint density at radius 1 is 1.16 bits per heavy atom. The molecule has 7 rings (SSSR count). The summed E-state index contributed by atoms with van der Waals surface area (Å²) in [5, 5.41) is 23.6. The summed E-state index contributed by atoms with van der Waals surface area (Å²) < 4.78 is 25.7. The van der Waals surface area contributed by atoms with Crippen molar-refractivity contribution >= 4 is 0 Å². The maximum Gasteiger partial charge on any atom is 0.148 e. The maximum atomic E-state index is 12.3. The van der Waals surface area contributed by atoms with Crippen LogP contribution < -0.4 is 0 Å². The average Bonchev–Trinajstić information content (AvgIpc) is 3.33. The van der Waals surface area contributed by atoms with Crippen LogP contribution in [0.25, 0.3) is 0 Å². The minimum atomic E-state index is -0.846. The molecule has 5 saturated carbocycles. The zero-order valence-electron chi connectivity index (χ0n) is 19.1. The Labute approximate surface area is 184 Å². The summed E-state index contributed by atoms with van der Waals surface area (Å²) in [6, 6.07) is 0.0358. The van der Waals surface area contributed by atoms with E-state index in [2.05, 4.69) is 18.7 Å². The van der Waals surface area contributed by atoms with Gasteiger partial charge < -0.3 is 29.2 Å². The highest BCUT2D eigenvalue weighted by Gasteiger charge is 2.93. The molecule has 174 valence electrons. The highest BCUT2D eigenvalue weighted by Crippen LogP contribution is 2.82. The van der Waals surface area contributed by atoms with E-state index in [0.29, 0.717) is 6.42 Å². The molecule has 7 nitrogen and oxygen atoms in total. The van der Waals surface area contributed by atoms with Gasteiger partial charge in [0.1, 0.15) is 18.0 Å². The highest BCUT2D eigenvalue weighted by molar-refractivity contribution is 5.42. The molecule has 3 spiro atoms. The van der Waals surface area contributed by atoms with Crippen molar-refractivity contribution in [2.24, 2.45) is 34.5 Å². The lowest BCUT2D eigenvalue weighted by atomic mass is 9.43. The molecule has 2 heterocycles. The second-order valence-corrected chi connectivity index (χ2v) is 11.9. The Kier molecular flexibility index (Phi) is 3.80. The van der Waals surface area contributed by atoms with Crippen LogP contribution in [0.1, 0.15) is 39.5 Å². The third kappa shape index (κ3) is 1.74. The van der Waals surface area contributed by atoms with Gasteiger partial charge in [0.2, 0.25) is 0 Å². The molecule has 7 aliphatic rings. The van der Waals surface area contributed by atoms with Crippen LogP contribution in [0.5, 0.6) is 0 Å². The summed E-state index contributed by atoms with van der Waals surface area (Å²) in [6.45, 7) is 6.69. The van der Waals surface area contributed by atoms with Gasteiger partial charge in [-0.2, -0.15) is 0 Å². The first-order valence-electron chi connectivity index (χ1n) is 12.3. The van der Waals surface area contributed by atoms with Crippen molar-refractivity contribution in [1.29, 1.82) is 0 Å². The minimum Gasteiger partial charge on any atom is -0.393 e. The number of methoxy groups -OCH3 is 2. The van der Waals surface area contributed by atoms with Crippen LogP contribution >= 0.6 is 0 Å². The molecule has 0 amide bonds. The fourth-order valence-corrected chi connectivity index (χ4v) is 11.2. The van der Waals surface area contributed by atoms with Crippen LogP contribution in [-0.4, -0.2) is 90.9 Å². The Morgan fingerprint density at radius 2 is 1.97 bits per heavy atom. The fraction of sp³-hybridized carbons (Fsp3) is 1.00. The van der Waals surface area contributed by atoms with Crippen LogP contribution in [0.3, 0.4) is 0 Å². The zero-order chi connectivity index (χ0) is 21.6. The number of fused-ring (bicyclic) bond motifs is 1. The minimum absolute atomic E-state index is 0.00943. The van der Waals surface area contributed by atoms with Gasteiger partial charge in [0.15, 0.2) is 0 Å². The molecular formula is C24H37NO6. The normalized spacial score (nSPS) is 65.8. The molecule has 2 saturated heterocycles. The molecule has 31 heavy (non-hydrogen) atoms. The number of likely N-dealkylation sites (N-methyl/N-ethyl adjacent to an activating group) is 1. The smallest absolute Gasteiger partial charge is 0.148 e. The van der Waals surface area contributed by atoms with Crippen molar-refractivity contribution in [3.63, 3.8) is 0 Å². The number of hydrogen-bond donors (Lipinski definition) is 2. The number of aliphatic hydroxyl groups excluding tert-OH is 2. The molecule has 0 aromatic heterocycles. The van der Waals surface area contributed by atoms with E-state index >= 15 is 0 Å². The van der Waals surface area contributed by atoms with E-state index < -0.39 is 23.4 Å². The number of aliphatic hydroxyl groups is 2. The summed E-state index contributed by atoms with van der Waals surface area (Å²) >= 11 is 0. The van der Waals surface area contributed by atoms with E-state index in [-0.39, 0.29) is 59.5 Å². The molecule has 1 unspecified atom stereocenters. The first-order chi connectivity index (χ1) is 14.9. The number of nitrogens with zero attached hydrogens (tertiary/aromatic N) is 1. The molecule has 7 heteroatoms. The topological polar surface area (TPSA) is 80.6 Å². The van der Waals surface area contributed by atoms with Gasteiger partial charge in [0.05, 0.1) is 30.5 Å². The number of piperidine rings is 1. The molecule has 0 aromatic carbocycles. The lowest BCUT2D eigenvalue weighted by Gasteiger charge is -2.69. The third-order valence-electron chi connectivity index (χ3n) is 11.6. The molecule has 0 aromatic rings. The second-order valence-electron chi connectivity index (χ2n) is 11.9. The maximum absolute atomic E-state index is 12.3. The van der Waals surface area contributed by atoms with E-state index in [1.807, 2.05) is 7.11 Å². The molecule has 7 fully saturated rings. The summed E-state index contributed by atoms with van der Waals surface area (Å²) in [6.07, 6.45) is 2.38. The summed E-state index contributed by atoms with van der Waals surface area (Å²) in [7, 11) is 3.62. The van der Waals surface area contributed by atoms with Crippen molar-refractivity contribution in [3.05, 3.63) is 0 Å². The average molecular weight is 436 g/mol. The standard InChI is InChI=1S/C24H37NO6/c1-5-25-10-21(2)7-6-15(28-3)23-13-8-12-14(26)9-22(16(13)17(12)29-4)24(20(23)25,31-11-30-22)19(27)18(21)23/h12-20,26-27H,5-11H2,1-4H3/t12-,13-,14+,15+,16-,17+,18-,19+,20?,21+,22-,23+,24-/m1/s1. The van der Waals surface area contributed by atoms with Gasteiger partial charge in [-0.3, -0.25) is 4.90 Å². The SMILES string of the molecule is CCN1C[C@]2(C)CC[C@H](OC)[C@@]34C1[C@]1(OCO[C@@]15C[C@H](O)[C@H]1C[C@@H]3[C@@H]5[C@H]1OC)[C@@H](O)[C@H]24. The largest absolute Gasteiger partial charge is 0.393 e. The van der Waals surface area contributed by atoms with E-state index in [0.717, 1.165) is 32.4 Å². The van der Waals surface area contributed by atoms with Crippen molar-refractivity contribution in [2.75, 3.05) is 34.1 Å². The Hall–Kier alpha value is -0.280. The molecule has 2 N–H and O–H groups in total. The Balaban J connectivity index is 1.57.